The molecule has 4 aromatic rings. The Bertz CT molecular complexity index is 2270. The lowest BCUT2D eigenvalue weighted by Gasteiger charge is -2.18. The highest BCUT2D eigenvalue weighted by Crippen LogP contribution is 2.44. The van der Waals surface area contributed by atoms with E-state index in [-0.39, 0.29) is 45.3 Å². The largest absolute Gasteiger partial charge is 0.501 e. The van der Waals surface area contributed by atoms with Crippen LogP contribution in [-0.4, -0.2) is 66.1 Å². The highest BCUT2D eigenvalue weighted by atomic mass is 35.5. The van der Waals surface area contributed by atoms with Crippen molar-refractivity contribution in [2.24, 2.45) is 0 Å². The predicted octanol–water partition coefficient (Wildman–Crippen LogP) is 8.00. The van der Waals surface area contributed by atoms with Crippen molar-refractivity contribution in [2.75, 3.05) is 39.7 Å². The third kappa shape index (κ3) is 9.52. The Labute approximate surface area is 317 Å². The fraction of sp³-hybridized carbons (Fsp3) is 0.265. The molecule has 2 N–H and O–H groups in total. The zero-order valence-corrected chi connectivity index (χ0v) is 31.5. The topological polar surface area (TPSA) is 155 Å². The van der Waals surface area contributed by atoms with Crippen molar-refractivity contribution in [3.05, 3.63) is 99.0 Å². The summed E-state index contributed by atoms with van der Waals surface area (Å²) in [5, 5.41) is 22.4. The number of nitriles is 1. The molecule has 4 aromatic carbocycles. The van der Waals surface area contributed by atoms with Gasteiger partial charge in [0.05, 0.1) is 23.3 Å². The van der Waals surface area contributed by atoms with E-state index in [4.69, 9.17) is 37.4 Å². The standard InChI is InChI=1S/C17H13ClF4N2O4S.C17H17ClFNO4S/c1-27-5-4-24-16-13(9-23)14(28-12-7-10(18)6-11(19)8-12)2-3-15(16)29(25,26)17(20,21)22;1-20(2)25(22,23)16-6-5-15(13-3-4-14(21)17(13)16)24-12-8-10(18)7-11(19)9-12/h2-3,6-8,24H,4-5H2,1H3;5-9,14,21H,3-4H2,1-2H3. The van der Waals surface area contributed by atoms with Gasteiger partial charge in [-0.15, -0.1) is 0 Å². The van der Waals surface area contributed by atoms with Crippen LogP contribution < -0.4 is 14.8 Å². The van der Waals surface area contributed by atoms with Gasteiger partial charge in [0.25, 0.3) is 9.84 Å². The van der Waals surface area contributed by atoms with E-state index in [2.05, 4.69) is 5.32 Å². The highest BCUT2D eigenvalue weighted by Gasteiger charge is 2.48. The number of anilines is 1. The minimum Gasteiger partial charge on any atom is -0.457 e. The molecule has 5 rings (SSSR count). The molecule has 1 unspecified atom stereocenters. The minimum atomic E-state index is -5.77. The summed E-state index contributed by atoms with van der Waals surface area (Å²) in [5.74, 6) is -1.13. The molecule has 0 fully saturated rings. The lowest BCUT2D eigenvalue weighted by molar-refractivity contribution is -0.0435. The first-order valence-corrected chi connectivity index (χ1v) is 19.0. The number of fused-ring (bicyclic) bond motifs is 1. The fourth-order valence-electron chi connectivity index (χ4n) is 5.18. The summed E-state index contributed by atoms with van der Waals surface area (Å²) in [6.45, 7) is -0.0816. The number of hydrogen-bond acceptors (Lipinski definition) is 10. The van der Waals surface area contributed by atoms with Crippen LogP contribution in [0, 0.1) is 23.0 Å². The van der Waals surface area contributed by atoms with Crippen LogP contribution in [0.25, 0.3) is 0 Å². The second-order valence-electron chi connectivity index (χ2n) is 11.5. The smallest absolute Gasteiger partial charge is 0.457 e. The Hall–Kier alpha value is -4.22. The second kappa shape index (κ2) is 17.1. The van der Waals surface area contributed by atoms with Gasteiger partial charge in [-0.05, 0) is 61.4 Å². The number of rotatable bonds is 11. The van der Waals surface area contributed by atoms with Crippen LogP contribution in [0.3, 0.4) is 0 Å². The summed E-state index contributed by atoms with van der Waals surface area (Å²) in [6.07, 6.45) is -0.0271. The maximum Gasteiger partial charge on any atom is 0.501 e. The van der Waals surface area contributed by atoms with E-state index in [1.807, 2.05) is 0 Å². The van der Waals surface area contributed by atoms with Gasteiger partial charge >= 0.3 is 5.51 Å². The monoisotopic (exact) mass is 837 g/mol. The van der Waals surface area contributed by atoms with E-state index in [1.165, 1.54) is 51.5 Å². The first-order valence-electron chi connectivity index (χ1n) is 15.4. The summed E-state index contributed by atoms with van der Waals surface area (Å²) < 4.78 is 132. The van der Waals surface area contributed by atoms with Gasteiger partial charge in [0.1, 0.15) is 51.2 Å². The molecule has 11 nitrogen and oxygen atoms in total. The van der Waals surface area contributed by atoms with E-state index >= 15 is 0 Å². The van der Waals surface area contributed by atoms with Gasteiger partial charge in [0, 0.05) is 61.1 Å². The number of nitrogens with one attached hydrogen (secondary N) is 1. The second-order valence-corrected chi connectivity index (χ2v) is 16.4. The predicted molar refractivity (Wildman–Crippen MR) is 188 cm³/mol. The number of sulfone groups is 1. The molecule has 1 atom stereocenters. The van der Waals surface area contributed by atoms with Gasteiger partial charge in [-0.3, -0.25) is 0 Å². The number of halogens is 7. The third-order valence-corrected chi connectivity index (χ3v) is 11.4. The first-order chi connectivity index (χ1) is 25.2. The van der Waals surface area contributed by atoms with Gasteiger partial charge < -0.3 is 24.6 Å². The van der Waals surface area contributed by atoms with Gasteiger partial charge in [-0.25, -0.2) is 29.9 Å². The van der Waals surface area contributed by atoms with E-state index in [0.717, 1.165) is 28.6 Å². The first kappa shape index (κ1) is 42.5. The molecular weight excluding hydrogens is 808 g/mol. The molecule has 1 aliphatic carbocycles. The number of ether oxygens (including phenoxy) is 3. The average Bonchev–Trinajstić information content (AvgIpc) is 3.45. The van der Waals surface area contributed by atoms with Crippen LogP contribution >= 0.6 is 23.2 Å². The van der Waals surface area contributed by atoms with Gasteiger partial charge in [0.2, 0.25) is 10.0 Å². The number of alkyl halides is 3. The van der Waals surface area contributed by atoms with Gasteiger partial charge in [-0.2, -0.15) is 18.4 Å². The maximum atomic E-state index is 13.5. The summed E-state index contributed by atoms with van der Waals surface area (Å²) in [7, 11) is -5.28. The minimum absolute atomic E-state index is 0.0148. The Balaban J connectivity index is 0.000000243. The number of sulfonamides is 1. The van der Waals surface area contributed by atoms with Crippen LogP contribution in [-0.2, 0) is 31.0 Å². The quantitative estimate of drug-likeness (QED) is 0.112. The normalized spacial score (nSPS) is 14.2. The van der Waals surface area contributed by atoms with Crippen LogP contribution in [0.4, 0.5) is 27.6 Å². The number of hydrogen-bond donors (Lipinski definition) is 2. The summed E-state index contributed by atoms with van der Waals surface area (Å²) in [6, 6.07) is 13.0. The molecule has 0 spiro atoms. The van der Waals surface area contributed by atoms with Crippen molar-refractivity contribution in [3.63, 3.8) is 0 Å². The van der Waals surface area contributed by atoms with E-state index in [9.17, 15) is 49.2 Å². The van der Waals surface area contributed by atoms with Crippen LogP contribution in [0.2, 0.25) is 10.0 Å². The average molecular weight is 839 g/mol. The number of methoxy groups -OCH3 is 1. The van der Waals surface area contributed by atoms with Gasteiger partial charge in [0.15, 0.2) is 0 Å². The molecule has 0 saturated carbocycles. The number of benzene rings is 4. The number of aliphatic hydroxyl groups is 1. The maximum absolute atomic E-state index is 13.5. The summed E-state index contributed by atoms with van der Waals surface area (Å²) >= 11 is 11.6. The molecule has 0 amide bonds. The Morgan fingerprint density at radius 3 is 1.94 bits per heavy atom. The third-order valence-electron chi connectivity index (χ3n) is 7.60. The van der Waals surface area contributed by atoms with Crippen LogP contribution in [0.1, 0.15) is 29.2 Å². The van der Waals surface area contributed by atoms with Crippen molar-refractivity contribution >= 4 is 48.7 Å². The van der Waals surface area contributed by atoms with Crippen LogP contribution in [0.15, 0.2) is 70.5 Å². The number of nitrogens with zero attached hydrogens (tertiary/aromatic N) is 2. The summed E-state index contributed by atoms with van der Waals surface area (Å²) in [5.41, 5.74) is -5.77. The van der Waals surface area contributed by atoms with E-state index in [0.29, 0.717) is 35.8 Å². The zero-order valence-electron chi connectivity index (χ0n) is 28.3. The Morgan fingerprint density at radius 1 is 0.907 bits per heavy atom. The van der Waals surface area contributed by atoms with E-state index < -0.39 is 59.3 Å². The Morgan fingerprint density at radius 2 is 1.44 bits per heavy atom. The molecule has 1 aliphatic rings. The fourth-order valence-corrected chi connectivity index (χ4v) is 7.71. The van der Waals surface area contributed by atoms with Crippen molar-refractivity contribution in [1.29, 1.82) is 5.26 Å². The molecule has 0 radical (unpaired) electrons. The molecule has 0 saturated heterocycles. The molecule has 54 heavy (non-hydrogen) atoms. The molecule has 0 aromatic heterocycles. The molecule has 20 heteroatoms. The molecule has 290 valence electrons. The van der Waals surface area contributed by atoms with Crippen molar-refractivity contribution < 1.29 is 58.1 Å². The van der Waals surface area contributed by atoms with Crippen LogP contribution in [0.5, 0.6) is 23.0 Å². The van der Waals surface area contributed by atoms with Crippen molar-refractivity contribution in [3.8, 4) is 29.1 Å². The summed E-state index contributed by atoms with van der Waals surface area (Å²) in [4.78, 5) is -1.09. The molecule has 0 aliphatic heterocycles. The van der Waals surface area contributed by atoms with Crippen molar-refractivity contribution in [1.82, 2.24) is 4.31 Å². The number of aliphatic hydroxyl groups excluding tert-OH is 1. The molecular formula is C34H30Cl2F5N3O8S2. The highest BCUT2D eigenvalue weighted by molar-refractivity contribution is 7.92. The Kier molecular flexibility index (Phi) is 13.4. The lowest BCUT2D eigenvalue weighted by Crippen LogP contribution is -2.25. The van der Waals surface area contributed by atoms with Crippen molar-refractivity contribution in [2.45, 2.75) is 34.2 Å². The lowest BCUT2D eigenvalue weighted by atomic mass is 10.1. The van der Waals surface area contributed by atoms with Gasteiger partial charge in [-0.1, -0.05) is 23.2 Å². The molecule has 0 bridgehead atoms. The zero-order chi connectivity index (χ0) is 40.2. The SMILES string of the molecule is CN(C)S(=O)(=O)c1ccc(Oc2cc(F)cc(Cl)c2)c2c1C(O)CC2.COCCNc1c(S(=O)(=O)C(F)(F)F)ccc(Oc2cc(F)cc(Cl)c2)c1C#N. The van der Waals surface area contributed by atoms with E-state index in [1.54, 1.807) is 6.07 Å². The molecule has 0 heterocycles.